The number of urea groups is 1. The zero-order valence-corrected chi connectivity index (χ0v) is 18.5. The molecular weight excluding hydrogens is 434 g/mol. The lowest BCUT2D eigenvalue weighted by molar-refractivity contribution is -0.145. The van der Waals surface area contributed by atoms with E-state index in [1.807, 2.05) is 30.3 Å². The molecule has 0 bridgehead atoms. The SMILES string of the molecule is CCOC(=O)COc1ccc(Cl)cc1[C@H]1NC(=O)NC(C)=C1C(=O)NCc1ccccc1. The molecule has 0 spiro atoms. The molecule has 1 heterocycles. The minimum Gasteiger partial charge on any atom is -0.482 e. The normalized spacial score (nSPS) is 15.5. The van der Waals surface area contributed by atoms with E-state index < -0.39 is 18.0 Å². The third-order valence-corrected chi connectivity index (χ3v) is 4.98. The molecule has 1 atom stereocenters. The summed E-state index contributed by atoms with van der Waals surface area (Å²) >= 11 is 6.20. The summed E-state index contributed by atoms with van der Waals surface area (Å²) in [6.45, 7) is 3.57. The molecule has 0 aliphatic carbocycles. The minimum absolute atomic E-state index is 0.230. The van der Waals surface area contributed by atoms with Gasteiger partial charge in [-0.15, -0.1) is 0 Å². The number of nitrogens with one attached hydrogen (secondary N) is 3. The van der Waals surface area contributed by atoms with Gasteiger partial charge in [0.05, 0.1) is 18.2 Å². The summed E-state index contributed by atoms with van der Waals surface area (Å²) < 4.78 is 10.5. The molecule has 0 radical (unpaired) electrons. The van der Waals surface area contributed by atoms with Gasteiger partial charge >= 0.3 is 12.0 Å². The molecule has 0 saturated carbocycles. The van der Waals surface area contributed by atoms with E-state index in [4.69, 9.17) is 21.1 Å². The molecule has 2 aromatic carbocycles. The fourth-order valence-corrected chi connectivity index (χ4v) is 3.50. The number of esters is 1. The first kappa shape index (κ1) is 23.1. The van der Waals surface area contributed by atoms with Crippen molar-refractivity contribution in [3.8, 4) is 5.75 Å². The summed E-state index contributed by atoms with van der Waals surface area (Å²) in [5, 5.41) is 8.64. The number of carbonyl (C=O) groups is 3. The second-order valence-corrected chi connectivity index (χ2v) is 7.45. The van der Waals surface area contributed by atoms with Crippen LogP contribution in [-0.4, -0.2) is 31.1 Å². The molecule has 0 aromatic heterocycles. The van der Waals surface area contributed by atoms with E-state index in [9.17, 15) is 14.4 Å². The Morgan fingerprint density at radius 3 is 2.62 bits per heavy atom. The molecule has 9 heteroatoms. The number of ether oxygens (including phenoxy) is 2. The van der Waals surface area contributed by atoms with Crippen molar-refractivity contribution >= 4 is 29.5 Å². The Kier molecular flexibility index (Phi) is 7.72. The molecule has 0 unspecified atom stereocenters. The van der Waals surface area contributed by atoms with E-state index in [2.05, 4.69) is 16.0 Å². The van der Waals surface area contributed by atoms with Gasteiger partial charge in [-0.25, -0.2) is 9.59 Å². The van der Waals surface area contributed by atoms with Crippen molar-refractivity contribution in [2.45, 2.75) is 26.4 Å². The highest BCUT2D eigenvalue weighted by Crippen LogP contribution is 2.35. The van der Waals surface area contributed by atoms with Crippen molar-refractivity contribution in [1.29, 1.82) is 0 Å². The van der Waals surface area contributed by atoms with Crippen LogP contribution in [0.3, 0.4) is 0 Å². The maximum atomic E-state index is 13.1. The molecule has 3 N–H and O–H groups in total. The minimum atomic E-state index is -0.838. The van der Waals surface area contributed by atoms with E-state index in [1.165, 1.54) is 0 Å². The molecule has 32 heavy (non-hydrogen) atoms. The zero-order valence-electron chi connectivity index (χ0n) is 17.7. The van der Waals surface area contributed by atoms with Gasteiger partial charge in [0.2, 0.25) is 0 Å². The highest BCUT2D eigenvalue weighted by Gasteiger charge is 2.33. The number of amides is 3. The van der Waals surface area contributed by atoms with Gasteiger partial charge in [0.25, 0.3) is 5.91 Å². The van der Waals surface area contributed by atoms with Gasteiger partial charge < -0.3 is 25.4 Å². The molecule has 0 saturated heterocycles. The van der Waals surface area contributed by atoms with Gasteiger partial charge in [-0.05, 0) is 37.6 Å². The Hall–Kier alpha value is -3.52. The number of benzene rings is 2. The van der Waals surface area contributed by atoms with E-state index in [0.29, 0.717) is 34.2 Å². The second-order valence-electron chi connectivity index (χ2n) is 7.01. The Bertz CT molecular complexity index is 1040. The Morgan fingerprint density at radius 2 is 1.91 bits per heavy atom. The number of allylic oxidation sites excluding steroid dienone is 1. The molecule has 3 amide bonds. The third-order valence-electron chi connectivity index (χ3n) is 4.74. The maximum absolute atomic E-state index is 13.1. The van der Waals surface area contributed by atoms with Crippen molar-refractivity contribution < 1.29 is 23.9 Å². The van der Waals surface area contributed by atoms with Crippen LogP contribution in [0, 0.1) is 0 Å². The first-order chi connectivity index (χ1) is 15.4. The van der Waals surface area contributed by atoms with Gasteiger partial charge in [0.15, 0.2) is 6.61 Å². The van der Waals surface area contributed by atoms with Crippen LogP contribution in [-0.2, 0) is 20.9 Å². The van der Waals surface area contributed by atoms with Crippen LogP contribution < -0.4 is 20.7 Å². The highest BCUT2D eigenvalue weighted by molar-refractivity contribution is 6.30. The third kappa shape index (κ3) is 5.79. The first-order valence-electron chi connectivity index (χ1n) is 10.1. The summed E-state index contributed by atoms with van der Waals surface area (Å²) in [6.07, 6.45) is 0. The Morgan fingerprint density at radius 1 is 1.16 bits per heavy atom. The molecule has 2 aromatic rings. The van der Waals surface area contributed by atoms with Crippen molar-refractivity contribution in [1.82, 2.24) is 16.0 Å². The fourth-order valence-electron chi connectivity index (χ4n) is 3.32. The van der Waals surface area contributed by atoms with Crippen LogP contribution in [0.4, 0.5) is 4.79 Å². The largest absolute Gasteiger partial charge is 0.482 e. The van der Waals surface area contributed by atoms with Gasteiger partial charge in [0.1, 0.15) is 5.75 Å². The van der Waals surface area contributed by atoms with Gasteiger partial charge in [-0.2, -0.15) is 0 Å². The predicted molar refractivity (Wildman–Crippen MR) is 119 cm³/mol. The molecular formula is C23H24ClN3O5. The number of rotatable bonds is 8. The van der Waals surface area contributed by atoms with E-state index in [-0.39, 0.29) is 19.1 Å². The smallest absolute Gasteiger partial charge is 0.344 e. The van der Waals surface area contributed by atoms with Crippen LogP contribution in [0.25, 0.3) is 0 Å². The topological polar surface area (TPSA) is 106 Å². The number of halogens is 1. The highest BCUT2D eigenvalue weighted by atomic mass is 35.5. The summed E-state index contributed by atoms with van der Waals surface area (Å²) in [7, 11) is 0. The molecule has 1 aliphatic rings. The monoisotopic (exact) mass is 457 g/mol. The van der Waals surface area contributed by atoms with Crippen molar-refractivity contribution in [3.05, 3.63) is 76.0 Å². The Labute approximate surface area is 190 Å². The summed E-state index contributed by atoms with van der Waals surface area (Å²) in [6, 6.07) is 12.9. The molecule has 168 valence electrons. The summed E-state index contributed by atoms with van der Waals surface area (Å²) in [4.78, 5) is 37.1. The molecule has 8 nitrogen and oxygen atoms in total. The van der Waals surface area contributed by atoms with Crippen LogP contribution in [0.1, 0.15) is 31.0 Å². The second kappa shape index (κ2) is 10.7. The van der Waals surface area contributed by atoms with Crippen molar-refractivity contribution in [2.75, 3.05) is 13.2 Å². The standard InChI is InChI=1S/C23H24ClN3O5/c1-3-31-19(28)13-32-18-10-9-16(24)11-17(18)21-20(14(2)26-23(30)27-21)22(29)25-12-15-7-5-4-6-8-15/h4-11,21H,3,12-13H2,1-2H3,(H,25,29)(H2,26,27,30)/t21-/m1/s1. The molecule has 1 aliphatic heterocycles. The number of carbonyl (C=O) groups excluding carboxylic acids is 3. The van der Waals surface area contributed by atoms with E-state index >= 15 is 0 Å². The summed E-state index contributed by atoms with van der Waals surface area (Å²) in [5.41, 5.74) is 2.09. The fraction of sp³-hybridized carbons (Fsp3) is 0.261. The van der Waals surface area contributed by atoms with E-state index in [1.54, 1.807) is 32.0 Å². The van der Waals surface area contributed by atoms with Gasteiger partial charge in [0, 0.05) is 22.8 Å². The van der Waals surface area contributed by atoms with Crippen molar-refractivity contribution in [2.24, 2.45) is 0 Å². The average molecular weight is 458 g/mol. The number of hydrogen-bond acceptors (Lipinski definition) is 5. The van der Waals surface area contributed by atoms with Crippen LogP contribution in [0.15, 0.2) is 59.8 Å². The predicted octanol–water partition coefficient (Wildman–Crippen LogP) is 3.23. The lowest BCUT2D eigenvalue weighted by Gasteiger charge is -2.30. The zero-order chi connectivity index (χ0) is 23.1. The van der Waals surface area contributed by atoms with Gasteiger partial charge in [-0.3, -0.25) is 4.79 Å². The summed E-state index contributed by atoms with van der Waals surface area (Å²) in [5.74, 6) is -0.591. The van der Waals surface area contributed by atoms with E-state index in [0.717, 1.165) is 5.56 Å². The molecule has 0 fully saturated rings. The van der Waals surface area contributed by atoms with Crippen molar-refractivity contribution in [3.63, 3.8) is 0 Å². The van der Waals surface area contributed by atoms with Crippen LogP contribution in [0.5, 0.6) is 5.75 Å². The maximum Gasteiger partial charge on any atom is 0.344 e. The molecule has 3 rings (SSSR count). The average Bonchev–Trinajstić information content (AvgIpc) is 2.77. The van der Waals surface area contributed by atoms with Crippen LogP contribution in [0.2, 0.25) is 5.02 Å². The quantitative estimate of drug-likeness (QED) is 0.528. The number of hydrogen-bond donors (Lipinski definition) is 3. The van der Waals surface area contributed by atoms with Gasteiger partial charge in [-0.1, -0.05) is 41.9 Å². The van der Waals surface area contributed by atoms with Crippen LogP contribution >= 0.6 is 11.6 Å². The first-order valence-corrected chi connectivity index (χ1v) is 10.4. The lowest BCUT2D eigenvalue weighted by Crippen LogP contribution is -2.47. The Balaban J connectivity index is 1.89. The lowest BCUT2D eigenvalue weighted by atomic mass is 9.94.